The lowest BCUT2D eigenvalue weighted by Crippen LogP contribution is -2.11. The second kappa shape index (κ2) is 8.95. The van der Waals surface area contributed by atoms with Crippen molar-refractivity contribution in [1.29, 1.82) is 0 Å². The molecule has 0 N–H and O–H groups in total. The smallest absolute Gasteiger partial charge is 0.162 e. The Balaban J connectivity index is 1.77. The molecule has 0 amide bonds. The summed E-state index contributed by atoms with van der Waals surface area (Å²) in [6.45, 7) is 2.11. The molecule has 148 valence electrons. The number of nitrogens with zero attached hydrogens (tertiary/aromatic N) is 1. The first-order chi connectivity index (χ1) is 14.2. The van der Waals surface area contributed by atoms with Crippen LogP contribution in [0.5, 0.6) is 11.5 Å². The summed E-state index contributed by atoms with van der Waals surface area (Å²) in [6, 6.07) is 18.9. The fourth-order valence-corrected chi connectivity index (χ4v) is 3.81. The van der Waals surface area contributed by atoms with Gasteiger partial charge in [0.1, 0.15) is 0 Å². The molecule has 0 saturated heterocycles. The fraction of sp³-hybridized carbons (Fsp3) is 0.269. The maximum atomic E-state index is 6.33. The Hall–Kier alpha value is -3.07. The van der Waals surface area contributed by atoms with E-state index in [-0.39, 0.29) is 6.10 Å². The van der Waals surface area contributed by atoms with Gasteiger partial charge in [-0.3, -0.25) is 4.98 Å². The number of hydrogen-bond acceptors (Lipinski definition) is 3. The van der Waals surface area contributed by atoms with Crippen molar-refractivity contribution in [1.82, 2.24) is 4.98 Å². The summed E-state index contributed by atoms with van der Waals surface area (Å²) in [5.74, 6) is 1.61. The van der Waals surface area contributed by atoms with Crippen molar-refractivity contribution < 1.29 is 9.47 Å². The van der Waals surface area contributed by atoms with Gasteiger partial charge in [-0.2, -0.15) is 0 Å². The minimum absolute atomic E-state index is 0.283. The van der Waals surface area contributed by atoms with Gasteiger partial charge in [-0.15, -0.1) is 0 Å². The first kappa shape index (κ1) is 19.3. The first-order valence-electron chi connectivity index (χ1n) is 10.3. The second-order valence-electron chi connectivity index (χ2n) is 7.59. The zero-order valence-corrected chi connectivity index (χ0v) is 17.1. The molecule has 0 unspecified atom stereocenters. The molecule has 0 radical (unpaired) electrons. The van der Waals surface area contributed by atoms with Gasteiger partial charge in [-0.1, -0.05) is 35.9 Å². The van der Waals surface area contributed by atoms with Gasteiger partial charge in [0.15, 0.2) is 11.5 Å². The van der Waals surface area contributed by atoms with E-state index in [0.29, 0.717) is 0 Å². The summed E-state index contributed by atoms with van der Waals surface area (Å²) in [6.07, 6.45) is 10.8. The molecule has 4 rings (SSSR count). The molecule has 0 spiro atoms. The number of aryl methyl sites for hydroxylation is 1. The predicted octanol–water partition coefficient (Wildman–Crippen LogP) is 6.31. The molecule has 1 heterocycles. The van der Waals surface area contributed by atoms with Crippen LogP contribution in [0.4, 0.5) is 0 Å². The fourth-order valence-electron chi connectivity index (χ4n) is 3.81. The molecule has 2 aromatic carbocycles. The van der Waals surface area contributed by atoms with Gasteiger partial charge in [-0.25, -0.2) is 0 Å². The van der Waals surface area contributed by atoms with E-state index >= 15 is 0 Å². The normalized spacial score (nSPS) is 14.8. The van der Waals surface area contributed by atoms with Crippen molar-refractivity contribution in [2.24, 2.45) is 0 Å². The first-order valence-corrected chi connectivity index (χ1v) is 10.3. The summed E-state index contributed by atoms with van der Waals surface area (Å²) in [7, 11) is 1.70. The Bertz CT molecular complexity index is 971. The highest BCUT2D eigenvalue weighted by molar-refractivity contribution is 5.92. The summed E-state index contributed by atoms with van der Waals surface area (Å²) in [4.78, 5) is 4.14. The van der Waals surface area contributed by atoms with Crippen molar-refractivity contribution in [2.45, 2.75) is 38.7 Å². The molecule has 1 aliphatic rings. The number of pyridine rings is 1. The summed E-state index contributed by atoms with van der Waals surface area (Å²) in [5.41, 5.74) is 5.79. The highest BCUT2D eigenvalue weighted by Gasteiger charge is 2.19. The van der Waals surface area contributed by atoms with Gasteiger partial charge in [0.05, 0.1) is 13.2 Å². The van der Waals surface area contributed by atoms with E-state index in [4.69, 9.17) is 9.47 Å². The van der Waals surface area contributed by atoms with Gasteiger partial charge in [0, 0.05) is 12.4 Å². The van der Waals surface area contributed by atoms with Crippen LogP contribution in [0.3, 0.4) is 0 Å². The van der Waals surface area contributed by atoms with E-state index in [1.807, 2.05) is 30.6 Å². The Morgan fingerprint density at radius 2 is 1.59 bits per heavy atom. The zero-order chi connectivity index (χ0) is 20.1. The number of rotatable bonds is 6. The second-order valence-corrected chi connectivity index (χ2v) is 7.59. The van der Waals surface area contributed by atoms with Crippen LogP contribution >= 0.6 is 0 Å². The average molecular weight is 386 g/mol. The van der Waals surface area contributed by atoms with Crippen LogP contribution in [0.25, 0.3) is 11.6 Å². The highest BCUT2D eigenvalue weighted by atomic mass is 16.5. The van der Waals surface area contributed by atoms with Crippen molar-refractivity contribution >= 4 is 11.6 Å². The molecule has 3 aromatic rings. The quantitative estimate of drug-likeness (QED) is 0.498. The molecule has 0 bridgehead atoms. The summed E-state index contributed by atoms with van der Waals surface area (Å²) >= 11 is 0. The van der Waals surface area contributed by atoms with E-state index in [0.717, 1.165) is 41.0 Å². The third kappa shape index (κ3) is 4.68. The number of ether oxygens (including phenoxy) is 2. The zero-order valence-electron chi connectivity index (χ0n) is 17.1. The van der Waals surface area contributed by atoms with Crippen molar-refractivity contribution in [3.8, 4) is 11.5 Å². The largest absolute Gasteiger partial charge is 0.493 e. The maximum absolute atomic E-state index is 6.33. The molecule has 1 aliphatic carbocycles. The van der Waals surface area contributed by atoms with Gasteiger partial charge >= 0.3 is 0 Å². The topological polar surface area (TPSA) is 31.4 Å². The summed E-state index contributed by atoms with van der Waals surface area (Å²) in [5, 5.41) is 0. The predicted molar refractivity (Wildman–Crippen MR) is 118 cm³/mol. The monoisotopic (exact) mass is 385 g/mol. The third-order valence-corrected chi connectivity index (χ3v) is 5.45. The van der Waals surface area contributed by atoms with Crippen LogP contribution < -0.4 is 9.47 Å². The van der Waals surface area contributed by atoms with Crippen LogP contribution in [0.1, 0.15) is 47.9 Å². The molecule has 1 fully saturated rings. The van der Waals surface area contributed by atoms with E-state index in [9.17, 15) is 0 Å². The molecule has 0 atom stereocenters. The van der Waals surface area contributed by atoms with Crippen LogP contribution in [0.15, 0.2) is 67.0 Å². The van der Waals surface area contributed by atoms with Gasteiger partial charge in [-0.05, 0) is 85.2 Å². The van der Waals surface area contributed by atoms with Gasteiger partial charge < -0.3 is 9.47 Å². The number of benzene rings is 2. The lowest BCUT2D eigenvalue weighted by atomic mass is 9.95. The van der Waals surface area contributed by atoms with Crippen molar-refractivity contribution in [2.75, 3.05) is 7.11 Å². The van der Waals surface area contributed by atoms with Crippen LogP contribution in [0.2, 0.25) is 0 Å². The van der Waals surface area contributed by atoms with Crippen LogP contribution in [0, 0.1) is 6.92 Å². The minimum Gasteiger partial charge on any atom is -0.493 e. The van der Waals surface area contributed by atoms with Crippen molar-refractivity contribution in [3.63, 3.8) is 0 Å². The standard InChI is InChI=1S/C26H27NO2/c1-19-7-9-21(10-8-19)24(17-20-13-15-27-16-14-20)22-11-12-25(28-2)26(18-22)29-23-5-3-4-6-23/h7-18,23H,3-6H2,1-2H3. The maximum Gasteiger partial charge on any atom is 0.162 e. The van der Waals surface area contributed by atoms with E-state index in [1.54, 1.807) is 7.11 Å². The molecule has 3 heteroatoms. The summed E-state index contributed by atoms with van der Waals surface area (Å²) < 4.78 is 11.9. The van der Waals surface area contributed by atoms with Gasteiger partial charge in [0.2, 0.25) is 0 Å². The molecule has 0 aliphatic heterocycles. The number of methoxy groups -OCH3 is 1. The minimum atomic E-state index is 0.283. The Morgan fingerprint density at radius 3 is 2.28 bits per heavy atom. The van der Waals surface area contributed by atoms with Crippen LogP contribution in [-0.2, 0) is 0 Å². The van der Waals surface area contributed by atoms with E-state index in [1.165, 1.54) is 24.0 Å². The van der Waals surface area contributed by atoms with Gasteiger partial charge in [0.25, 0.3) is 0 Å². The van der Waals surface area contributed by atoms with E-state index < -0.39 is 0 Å². The Labute approximate surface area is 173 Å². The Morgan fingerprint density at radius 1 is 0.897 bits per heavy atom. The third-order valence-electron chi connectivity index (χ3n) is 5.45. The average Bonchev–Trinajstić information content (AvgIpc) is 3.27. The molecule has 3 nitrogen and oxygen atoms in total. The Kier molecular flexibility index (Phi) is 5.95. The van der Waals surface area contributed by atoms with E-state index in [2.05, 4.69) is 54.4 Å². The lowest BCUT2D eigenvalue weighted by molar-refractivity contribution is 0.201. The molecule has 1 aromatic heterocycles. The SMILES string of the molecule is COc1ccc(C(=Cc2ccncc2)c2ccc(C)cc2)cc1OC1CCCC1. The molecule has 1 saturated carbocycles. The van der Waals surface area contributed by atoms with Crippen LogP contribution in [-0.4, -0.2) is 18.2 Å². The molecule has 29 heavy (non-hydrogen) atoms. The lowest BCUT2D eigenvalue weighted by Gasteiger charge is -2.18. The number of hydrogen-bond donors (Lipinski definition) is 0. The van der Waals surface area contributed by atoms with Crippen molar-refractivity contribution in [3.05, 3.63) is 89.2 Å². The highest BCUT2D eigenvalue weighted by Crippen LogP contribution is 2.36. The molecular weight excluding hydrogens is 358 g/mol. The molecular formula is C26H27NO2. The number of aromatic nitrogens is 1.